The molecule has 2 heteroatoms. The molecule has 0 saturated carbocycles. The van der Waals surface area contributed by atoms with E-state index in [0.717, 1.165) is 18.4 Å². The van der Waals surface area contributed by atoms with Crippen LogP contribution in [0.2, 0.25) is 0 Å². The van der Waals surface area contributed by atoms with Crippen molar-refractivity contribution in [3.8, 4) is 12.0 Å². The number of rotatable bonds is 3. The van der Waals surface area contributed by atoms with Crippen molar-refractivity contribution in [2.24, 2.45) is 0 Å². The highest BCUT2D eigenvalue weighted by Gasteiger charge is 2.06. The Kier molecular flexibility index (Phi) is 3.53. The molecule has 0 aliphatic rings. The van der Waals surface area contributed by atoms with Crippen LogP contribution in [0, 0.1) is 25.4 Å². The van der Waals surface area contributed by atoms with Crippen molar-refractivity contribution >= 4 is 0 Å². The summed E-state index contributed by atoms with van der Waals surface area (Å²) in [6.45, 7) is 6.22. The summed E-state index contributed by atoms with van der Waals surface area (Å²) in [7, 11) is 0. The van der Waals surface area contributed by atoms with Crippen LogP contribution in [0.5, 0.6) is 5.75 Å². The Balaban J connectivity index is 3.07. The van der Waals surface area contributed by atoms with Gasteiger partial charge in [0, 0.05) is 0 Å². The van der Waals surface area contributed by atoms with Crippen LogP contribution in [0.25, 0.3) is 0 Å². The van der Waals surface area contributed by atoms with Crippen molar-refractivity contribution in [2.45, 2.75) is 33.6 Å². The summed E-state index contributed by atoms with van der Waals surface area (Å²) in [6, 6.07) is 3.91. The number of hydrogen-bond donors (Lipinski definition) is 0. The van der Waals surface area contributed by atoms with Crippen LogP contribution in [-0.4, -0.2) is 0 Å². The topological polar surface area (TPSA) is 33.0 Å². The van der Waals surface area contributed by atoms with Gasteiger partial charge in [-0.1, -0.05) is 19.4 Å². The van der Waals surface area contributed by atoms with Gasteiger partial charge in [-0.15, -0.1) is 5.26 Å². The van der Waals surface area contributed by atoms with Crippen LogP contribution in [0.4, 0.5) is 0 Å². The van der Waals surface area contributed by atoms with Crippen molar-refractivity contribution in [1.82, 2.24) is 0 Å². The monoisotopic (exact) mass is 189 g/mol. The predicted octanol–water partition coefficient (Wildman–Crippen LogP) is 3.12. The first-order valence-corrected chi connectivity index (χ1v) is 4.85. The molecule has 0 bridgehead atoms. The molecule has 0 radical (unpaired) electrons. The molecule has 0 fully saturated rings. The van der Waals surface area contributed by atoms with E-state index in [1.54, 1.807) is 6.26 Å². The third-order valence-electron chi connectivity index (χ3n) is 2.52. The quantitative estimate of drug-likeness (QED) is 0.684. The van der Waals surface area contributed by atoms with E-state index < -0.39 is 0 Å². The van der Waals surface area contributed by atoms with Crippen molar-refractivity contribution in [3.05, 3.63) is 28.8 Å². The highest BCUT2D eigenvalue weighted by molar-refractivity contribution is 5.44. The van der Waals surface area contributed by atoms with Gasteiger partial charge in [-0.2, -0.15) is 0 Å². The molecule has 14 heavy (non-hydrogen) atoms. The van der Waals surface area contributed by atoms with Crippen LogP contribution >= 0.6 is 0 Å². The van der Waals surface area contributed by atoms with E-state index in [2.05, 4.69) is 13.8 Å². The normalized spacial score (nSPS) is 9.57. The van der Waals surface area contributed by atoms with Gasteiger partial charge in [0.25, 0.3) is 6.26 Å². The van der Waals surface area contributed by atoms with Gasteiger partial charge >= 0.3 is 0 Å². The lowest BCUT2D eigenvalue weighted by molar-refractivity contribution is 0.502. The third-order valence-corrected chi connectivity index (χ3v) is 2.52. The molecule has 2 nitrogen and oxygen atoms in total. The molecular weight excluding hydrogens is 174 g/mol. The molecule has 0 aliphatic carbocycles. The van der Waals surface area contributed by atoms with E-state index in [-0.39, 0.29) is 0 Å². The molecule has 0 unspecified atom stereocenters. The van der Waals surface area contributed by atoms with E-state index in [9.17, 15) is 0 Å². The lowest BCUT2D eigenvalue weighted by Crippen LogP contribution is -1.95. The first-order valence-electron chi connectivity index (χ1n) is 4.85. The van der Waals surface area contributed by atoms with Gasteiger partial charge < -0.3 is 4.74 Å². The van der Waals surface area contributed by atoms with E-state index in [1.165, 1.54) is 11.1 Å². The fourth-order valence-electron chi connectivity index (χ4n) is 1.55. The summed E-state index contributed by atoms with van der Waals surface area (Å²) in [5.41, 5.74) is 3.65. The summed E-state index contributed by atoms with van der Waals surface area (Å²) >= 11 is 0. The maximum absolute atomic E-state index is 8.44. The maximum Gasteiger partial charge on any atom is 0.292 e. The Morgan fingerprint density at radius 1 is 1.29 bits per heavy atom. The van der Waals surface area contributed by atoms with Gasteiger partial charge in [-0.25, -0.2) is 0 Å². The average molecular weight is 189 g/mol. The average Bonchev–Trinajstić information content (AvgIpc) is 2.18. The first kappa shape index (κ1) is 10.6. The SMILES string of the molecule is CCCc1ccc(OC#N)c(C)c1C. The fourth-order valence-corrected chi connectivity index (χ4v) is 1.55. The van der Waals surface area contributed by atoms with Crippen LogP contribution in [-0.2, 0) is 6.42 Å². The van der Waals surface area contributed by atoms with E-state index in [1.807, 2.05) is 19.1 Å². The second kappa shape index (κ2) is 4.66. The minimum absolute atomic E-state index is 0.671. The van der Waals surface area contributed by atoms with Crippen LogP contribution in [0.3, 0.4) is 0 Å². The number of benzene rings is 1. The number of ether oxygens (including phenoxy) is 1. The van der Waals surface area contributed by atoms with Crippen molar-refractivity contribution in [3.63, 3.8) is 0 Å². The van der Waals surface area contributed by atoms with Gasteiger partial charge in [0.1, 0.15) is 5.75 Å². The Hall–Kier alpha value is -1.49. The molecule has 0 aliphatic heterocycles. The number of nitriles is 1. The second-order valence-corrected chi connectivity index (χ2v) is 3.42. The van der Waals surface area contributed by atoms with Gasteiger partial charge in [0.2, 0.25) is 0 Å². The minimum atomic E-state index is 0.671. The van der Waals surface area contributed by atoms with Gasteiger partial charge in [0.15, 0.2) is 0 Å². The van der Waals surface area contributed by atoms with Gasteiger partial charge in [0.05, 0.1) is 0 Å². The molecule has 0 spiro atoms. The van der Waals surface area contributed by atoms with Gasteiger partial charge in [-0.05, 0) is 43.0 Å². The second-order valence-electron chi connectivity index (χ2n) is 3.42. The van der Waals surface area contributed by atoms with Crippen LogP contribution < -0.4 is 4.74 Å². The van der Waals surface area contributed by atoms with Crippen molar-refractivity contribution < 1.29 is 4.74 Å². The lowest BCUT2D eigenvalue weighted by atomic mass is 9.99. The molecular formula is C12H15NO. The smallest absolute Gasteiger partial charge is 0.292 e. The predicted molar refractivity (Wildman–Crippen MR) is 56.2 cm³/mol. The number of hydrogen-bond acceptors (Lipinski definition) is 2. The Morgan fingerprint density at radius 3 is 2.57 bits per heavy atom. The molecule has 1 rings (SSSR count). The first-order chi connectivity index (χ1) is 6.70. The third kappa shape index (κ3) is 2.05. The van der Waals surface area contributed by atoms with Crippen molar-refractivity contribution in [1.29, 1.82) is 5.26 Å². The van der Waals surface area contributed by atoms with Crippen molar-refractivity contribution in [2.75, 3.05) is 0 Å². The molecule has 0 amide bonds. The highest BCUT2D eigenvalue weighted by atomic mass is 16.5. The molecule has 0 heterocycles. The molecule has 1 aromatic carbocycles. The standard InChI is InChI=1S/C12H15NO/c1-4-5-11-6-7-12(14-8-13)10(3)9(11)2/h6-7H,4-5H2,1-3H3. The highest BCUT2D eigenvalue weighted by Crippen LogP contribution is 2.24. The summed E-state index contributed by atoms with van der Waals surface area (Å²) in [6.07, 6.45) is 3.92. The Morgan fingerprint density at radius 2 is 2.00 bits per heavy atom. The van der Waals surface area contributed by atoms with E-state index in [4.69, 9.17) is 10.00 Å². The van der Waals surface area contributed by atoms with Crippen LogP contribution in [0.1, 0.15) is 30.0 Å². The molecule has 0 N–H and O–H groups in total. The molecule has 0 atom stereocenters. The summed E-state index contributed by atoms with van der Waals surface area (Å²) < 4.78 is 4.86. The zero-order valence-corrected chi connectivity index (χ0v) is 8.92. The molecule has 0 aromatic heterocycles. The van der Waals surface area contributed by atoms with Crippen LogP contribution in [0.15, 0.2) is 12.1 Å². The largest absolute Gasteiger partial charge is 0.388 e. The minimum Gasteiger partial charge on any atom is -0.388 e. The maximum atomic E-state index is 8.44. The summed E-state index contributed by atoms with van der Waals surface area (Å²) in [5, 5.41) is 8.44. The fraction of sp³-hybridized carbons (Fsp3) is 0.417. The zero-order valence-electron chi connectivity index (χ0n) is 8.92. The molecule has 1 aromatic rings. The Bertz CT molecular complexity index is 363. The Labute approximate surface area is 85.1 Å². The van der Waals surface area contributed by atoms with E-state index in [0.29, 0.717) is 5.75 Å². The van der Waals surface area contributed by atoms with E-state index >= 15 is 0 Å². The molecule has 0 saturated heterocycles. The zero-order chi connectivity index (χ0) is 10.6. The molecule has 74 valence electrons. The number of aryl methyl sites for hydroxylation is 1. The summed E-state index contributed by atoms with van der Waals surface area (Å²) in [4.78, 5) is 0. The lowest BCUT2D eigenvalue weighted by Gasteiger charge is -2.10. The number of nitrogens with zero attached hydrogens (tertiary/aromatic N) is 1. The van der Waals surface area contributed by atoms with Gasteiger partial charge in [-0.3, -0.25) is 0 Å². The summed E-state index contributed by atoms with van der Waals surface area (Å²) in [5.74, 6) is 0.671.